The molecule has 0 aliphatic carbocycles. The van der Waals surface area contributed by atoms with E-state index < -0.39 is 6.10 Å². The van der Waals surface area contributed by atoms with Gasteiger partial charge in [-0.3, -0.25) is 4.79 Å². The number of amides is 1. The SMILES string of the molecule is CCCCC(CN)NC(=O)C(O)c1ccccc1. The molecule has 18 heavy (non-hydrogen) atoms. The molecule has 0 radical (unpaired) electrons. The summed E-state index contributed by atoms with van der Waals surface area (Å²) in [7, 11) is 0. The Labute approximate surface area is 108 Å². The minimum atomic E-state index is -1.12. The number of nitrogens with one attached hydrogen (secondary N) is 1. The molecule has 0 aromatic heterocycles. The fourth-order valence-corrected chi connectivity index (χ4v) is 1.77. The van der Waals surface area contributed by atoms with Crippen molar-refractivity contribution >= 4 is 5.91 Å². The van der Waals surface area contributed by atoms with Gasteiger partial charge in [-0.15, -0.1) is 0 Å². The first-order valence-electron chi connectivity index (χ1n) is 6.42. The number of nitrogens with two attached hydrogens (primary N) is 1. The number of aliphatic hydroxyl groups is 1. The van der Waals surface area contributed by atoms with Crippen LogP contribution in [0.4, 0.5) is 0 Å². The van der Waals surface area contributed by atoms with Crippen molar-refractivity contribution in [1.29, 1.82) is 0 Å². The second-order valence-electron chi connectivity index (χ2n) is 4.40. The average Bonchev–Trinajstić information content (AvgIpc) is 2.43. The molecule has 100 valence electrons. The Morgan fingerprint density at radius 3 is 2.61 bits per heavy atom. The summed E-state index contributed by atoms with van der Waals surface area (Å²) in [5.74, 6) is -0.382. The molecule has 0 saturated carbocycles. The zero-order valence-electron chi connectivity index (χ0n) is 10.8. The van der Waals surface area contributed by atoms with E-state index in [2.05, 4.69) is 12.2 Å². The van der Waals surface area contributed by atoms with Crippen LogP contribution in [-0.4, -0.2) is 23.6 Å². The molecule has 0 aliphatic heterocycles. The third kappa shape index (κ3) is 4.47. The first-order valence-corrected chi connectivity index (χ1v) is 6.42. The molecule has 1 aromatic carbocycles. The van der Waals surface area contributed by atoms with Gasteiger partial charge in [-0.1, -0.05) is 50.1 Å². The summed E-state index contributed by atoms with van der Waals surface area (Å²) in [6.45, 7) is 2.49. The van der Waals surface area contributed by atoms with Crippen LogP contribution < -0.4 is 11.1 Å². The number of unbranched alkanes of at least 4 members (excludes halogenated alkanes) is 1. The Morgan fingerprint density at radius 2 is 2.06 bits per heavy atom. The third-order valence-corrected chi connectivity index (χ3v) is 2.90. The zero-order chi connectivity index (χ0) is 13.4. The lowest BCUT2D eigenvalue weighted by Crippen LogP contribution is -2.42. The highest BCUT2D eigenvalue weighted by Gasteiger charge is 2.19. The van der Waals surface area contributed by atoms with Gasteiger partial charge in [0.2, 0.25) is 0 Å². The molecule has 1 rings (SSSR count). The summed E-state index contributed by atoms with van der Waals surface area (Å²) in [5, 5.41) is 12.7. The van der Waals surface area contributed by atoms with Crippen molar-refractivity contribution < 1.29 is 9.90 Å². The molecule has 1 aromatic rings. The fraction of sp³-hybridized carbons (Fsp3) is 0.500. The topological polar surface area (TPSA) is 75.3 Å². The molecular weight excluding hydrogens is 228 g/mol. The van der Waals surface area contributed by atoms with E-state index in [1.54, 1.807) is 24.3 Å². The molecule has 0 heterocycles. The molecule has 0 bridgehead atoms. The average molecular weight is 250 g/mol. The molecule has 4 nitrogen and oxygen atoms in total. The third-order valence-electron chi connectivity index (χ3n) is 2.90. The number of benzene rings is 1. The highest BCUT2D eigenvalue weighted by atomic mass is 16.3. The first kappa shape index (κ1) is 14.7. The normalized spacial score (nSPS) is 13.9. The number of carbonyl (C=O) groups is 1. The smallest absolute Gasteiger partial charge is 0.253 e. The highest BCUT2D eigenvalue weighted by Crippen LogP contribution is 2.12. The van der Waals surface area contributed by atoms with Crippen LogP contribution in [0.2, 0.25) is 0 Å². The highest BCUT2D eigenvalue weighted by molar-refractivity contribution is 5.82. The van der Waals surface area contributed by atoms with Gasteiger partial charge in [0.05, 0.1) is 0 Å². The van der Waals surface area contributed by atoms with Gasteiger partial charge in [-0.05, 0) is 12.0 Å². The van der Waals surface area contributed by atoms with Gasteiger partial charge in [-0.2, -0.15) is 0 Å². The summed E-state index contributed by atoms with van der Waals surface area (Å²) in [4.78, 5) is 11.9. The minimum Gasteiger partial charge on any atom is -0.378 e. The van der Waals surface area contributed by atoms with Crippen LogP contribution in [-0.2, 0) is 4.79 Å². The summed E-state index contributed by atoms with van der Waals surface area (Å²) in [6.07, 6.45) is 1.80. The summed E-state index contributed by atoms with van der Waals surface area (Å²) in [5.41, 5.74) is 6.20. The van der Waals surface area contributed by atoms with E-state index in [9.17, 15) is 9.90 Å². The quantitative estimate of drug-likeness (QED) is 0.684. The van der Waals surface area contributed by atoms with Crippen LogP contribution in [0, 0.1) is 0 Å². The Balaban J connectivity index is 2.53. The zero-order valence-corrected chi connectivity index (χ0v) is 10.8. The van der Waals surface area contributed by atoms with E-state index in [1.165, 1.54) is 0 Å². The maximum Gasteiger partial charge on any atom is 0.253 e. The number of hydrogen-bond acceptors (Lipinski definition) is 3. The molecule has 2 atom stereocenters. The lowest BCUT2D eigenvalue weighted by atomic mass is 10.1. The minimum absolute atomic E-state index is 0.0594. The predicted molar refractivity (Wildman–Crippen MR) is 71.9 cm³/mol. The molecule has 1 amide bonds. The van der Waals surface area contributed by atoms with E-state index in [1.807, 2.05) is 6.07 Å². The van der Waals surface area contributed by atoms with E-state index in [0.717, 1.165) is 19.3 Å². The second kappa shape index (κ2) is 7.84. The van der Waals surface area contributed by atoms with Crippen LogP contribution in [0.5, 0.6) is 0 Å². The predicted octanol–water partition coefficient (Wildman–Crippen LogP) is 1.35. The Kier molecular flexibility index (Phi) is 6.39. The molecule has 4 N–H and O–H groups in total. The standard InChI is InChI=1S/C14H22N2O2/c1-2-3-9-12(10-15)16-14(18)13(17)11-7-5-4-6-8-11/h4-8,12-13,17H,2-3,9-10,15H2,1H3,(H,16,18). The summed E-state index contributed by atoms with van der Waals surface area (Å²) >= 11 is 0. The Morgan fingerprint density at radius 1 is 1.39 bits per heavy atom. The van der Waals surface area contributed by atoms with E-state index in [4.69, 9.17) is 5.73 Å². The summed E-state index contributed by atoms with van der Waals surface area (Å²) < 4.78 is 0. The van der Waals surface area contributed by atoms with Crippen molar-refractivity contribution in [2.45, 2.75) is 38.3 Å². The van der Waals surface area contributed by atoms with Crippen molar-refractivity contribution in [1.82, 2.24) is 5.32 Å². The van der Waals surface area contributed by atoms with Crippen LogP contribution in [0.1, 0.15) is 37.9 Å². The molecule has 0 saturated heterocycles. The largest absolute Gasteiger partial charge is 0.378 e. The van der Waals surface area contributed by atoms with E-state index in [-0.39, 0.29) is 11.9 Å². The Bertz CT molecular complexity index is 354. The second-order valence-corrected chi connectivity index (χ2v) is 4.40. The van der Waals surface area contributed by atoms with Gasteiger partial charge >= 0.3 is 0 Å². The molecule has 4 heteroatoms. The number of hydrogen-bond donors (Lipinski definition) is 3. The molecule has 0 spiro atoms. The van der Waals surface area contributed by atoms with Gasteiger partial charge in [0.1, 0.15) is 0 Å². The summed E-state index contributed by atoms with van der Waals surface area (Å²) in [6, 6.07) is 8.84. The maximum absolute atomic E-state index is 11.9. The van der Waals surface area contributed by atoms with Gasteiger partial charge in [0.15, 0.2) is 6.10 Å². The van der Waals surface area contributed by atoms with Gasteiger partial charge in [0.25, 0.3) is 5.91 Å². The first-order chi connectivity index (χ1) is 8.69. The van der Waals surface area contributed by atoms with Crippen molar-refractivity contribution in [2.24, 2.45) is 5.73 Å². The van der Waals surface area contributed by atoms with Gasteiger partial charge in [0, 0.05) is 12.6 Å². The van der Waals surface area contributed by atoms with Crippen LogP contribution in [0.25, 0.3) is 0 Å². The van der Waals surface area contributed by atoms with Crippen LogP contribution in [0.15, 0.2) is 30.3 Å². The maximum atomic E-state index is 11.9. The van der Waals surface area contributed by atoms with E-state index in [0.29, 0.717) is 12.1 Å². The van der Waals surface area contributed by atoms with E-state index >= 15 is 0 Å². The van der Waals surface area contributed by atoms with Gasteiger partial charge in [-0.25, -0.2) is 0 Å². The number of carbonyl (C=O) groups excluding carboxylic acids is 1. The fourth-order valence-electron chi connectivity index (χ4n) is 1.77. The lowest BCUT2D eigenvalue weighted by Gasteiger charge is -2.19. The molecular formula is C14H22N2O2. The monoisotopic (exact) mass is 250 g/mol. The molecule has 0 fully saturated rings. The van der Waals surface area contributed by atoms with Crippen molar-refractivity contribution in [3.63, 3.8) is 0 Å². The van der Waals surface area contributed by atoms with Crippen LogP contribution >= 0.6 is 0 Å². The van der Waals surface area contributed by atoms with Crippen LogP contribution in [0.3, 0.4) is 0 Å². The van der Waals surface area contributed by atoms with Crippen molar-refractivity contribution in [3.05, 3.63) is 35.9 Å². The molecule has 2 unspecified atom stereocenters. The number of aliphatic hydroxyl groups excluding tert-OH is 1. The van der Waals surface area contributed by atoms with Gasteiger partial charge < -0.3 is 16.2 Å². The molecule has 0 aliphatic rings. The number of rotatable bonds is 7. The van der Waals surface area contributed by atoms with Crippen molar-refractivity contribution in [3.8, 4) is 0 Å². The Hall–Kier alpha value is -1.39. The lowest BCUT2D eigenvalue weighted by molar-refractivity contribution is -0.130. The van der Waals surface area contributed by atoms with Crippen molar-refractivity contribution in [2.75, 3.05) is 6.54 Å².